The number of nitrogens with two attached hydrogens (primary N) is 1. The largest absolute Gasteiger partial charge is 0.397 e. The lowest BCUT2D eigenvalue weighted by atomic mass is 10.2. The van der Waals surface area contributed by atoms with Gasteiger partial charge in [-0.1, -0.05) is 15.9 Å². The summed E-state index contributed by atoms with van der Waals surface area (Å²) in [4.78, 5) is 0. The Morgan fingerprint density at radius 2 is 2.00 bits per heavy atom. The van der Waals surface area contributed by atoms with E-state index in [1.54, 1.807) is 25.1 Å². The van der Waals surface area contributed by atoms with Crippen molar-refractivity contribution in [3.63, 3.8) is 0 Å². The molecule has 0 bridgehead atoms. The maximum absolute atomic E-state index is 13.2. The molecule has 96 valence electrons. The zero-order valence-corrected chi connectivity index (χ0v) is 11.5. The fraction of sp³-hybridized carbons (Fsp3) is 0.250. The molecule has 0 spiro atoms. The second-order valence-corrected chi connectivity index (χ2v) is 5.09. The van der Waals surface area contributed by atoms with Crippen LogP contribution >= 0.6 is 15.9 Å². The molecule has 0 atom stereocenters. The van der Waals surface area contributed by atoms with Gasteiger partial charge in [0.2, 0.25) is 0 Å². The van der Waals surface area contributed by atoms with Gasteiger partial charge in [-0.15, -0.1) is 0 Å². The number of anilines is 1. The van der Waals surface area contributed by atoms with Gasteiger partial charge in [-0.25, -0.2) is 4.68 Å². The van der Waals surface area contributed by atoms with Crippen LogP contribution in [0.15, 0.2) is 28.7 Å². The smallest absolute Gasteiger partial charge is 0.288 e. The van der Waals surface area contributed by atoms with Crippen LogP contribution in [0.2, 0.25) is 0 Å². The van der Waals surface area contributed by atoms with Crippen molar-refractivity contribution in [3.8, 4) is 5.69 Å². The highest BCUT2D eigenvalue weighted by molar-refractivity contribution is 9.10. The van der Waals surface area contributed by atoms with Gasteiger partial charge in [0, 0.05) is 17.1 Å². The van der Waals surface area contributed by atoms with Gasteiger partial charge in [-0.05, 0) is 31.2 Å². The summed E-state index contributed by atoms with van der Waals surface area (Å²) in [6.45, 7) is 2.54. The third-order valence-electron chi connectivity index (χ3n) is 2.55. The summed E-state index contributed by atoms with van der Waals surface area (Å²) in [6, 6.07) is 6.59. The summed E-state index contributed by atoms with van der Waals surface area (Å²) in [5.41, 5.74) is 7.27. The van der Waals surface area contributed by atoms with Gasteiger partial charge >= 0.3 is 0 Å². The summed E-state index contributed by atoms with van der Waals surface area (Å²) < 4.78 is 28.7. The standard InChI is InChI=1S/C12H12BrF2N3/c1-7-5-11(12(2,14)15)17-18(7)10-4-3-8(13)6-9(10)16/h3-6H,16H2,1-2H3. The highest BCUT2D eigenvalue weighted by Gasteiger charge is 2.28. The third-order valence-corrected chi connectivity index (χ3v) is 3.05. The maximum atomic E-state index is 13.2. The minimum Gasteiger partial charge on any atom is -0.397 e. The molecule has 0 unspecified atom stereocenters. The van der Waals surface area contributed by atoms with Gasteiger partial charge in [0.05, 0.1) is 11.4 Å². The van der Waals surface area contributed by atoms with Crippen LogP contribution in [-0.4, -0.2) is 9.78 Å². The molecule has 2 N–H and O–H groups in total. The Morgan fingerprint density at radius 3 is 2.50 bits per heavy atom. The Hall–Kier alpha value is -1.43. The van der Waals surface area contributed by atoms with Crippen LogP contribution in [0.5, 0.6) is 0 Å². The zero-order valence-electron chi connectivity index (χ0n) is 9.92. The number of benzene rings is 1. The molecule has 0 amide bonds. The lowest BCUT2D eigenvalue weighted by Gasteiger charge is -2.09. The van der Waals surface area contributed by atoms with E-state index in [-0.39, 0.29) is 5.69 Å². The Labute approximate surface area is 112 Å². The van der Waals surface area contributed by atoms with Crippen molar-refractivity contribution in [2.75, 3.05) is 5.73 Å². The van der Waals surface area contributed by atoms with E-state index < -0.39 is 5.92 Å². The summed E-state index contributed by atoms with van der Waals surface area (Å²) in [7, 11) is 0. The molecule has 0 radical (unpaired) electrons. The second kappa shape index (κ2) is 4.35. The fourth-order valence-electron chi connectivity index (χ4n) is 1.65. The number of aromatic nitrogens is 2. The Balaban J connectivity index is 2.55. The van der Waals surface area contributed by atoms with Crippen molar-refractivity contribution in [1.82, 2.24) is 9.78 Å². The predicted octanol–water partition coefficient (Wildman–Crippen LogP) is 3.64. The number of halogens is 3. The number of hydrogen-bond acceptors (Lipinski definition) is 2. The third kappa shape index (κ3) is 2.38. The molecule has 0 saturated carbocycles. The first kappa shape index (κ1) is 13.0. The summed E-state index contributed by atoms with van der Waals surface area (Å²) in [5.74, 6) is -2.96. The normalized spacial score (nSPS) is 11.8. The van der Waals surface area contributed by atoms with E-state index in [1.165, 1.54) is 10.7 Å². The maximum Gasteiger partial charge on any atom is 0.288 e. The van der Waals surface area contributed by atoms with Crippen LogP contribution in [0.4, 0.5) is 14.5 Å². The van der Waals surface area contributed by atoms with Crippen molar-refractivity contribution >= 4 is 21.6 Å². The molecule has 3 nitrogen and oxygen atoms in total. The van der Waals surface area contributed by atoms with Crippen LogP contribution in [0.1, 0.15) is 18.3 Å². The topological polar surface area (TPSA) is 43.8 Å². The minimum atomic E-state index is -2.96. The number of nitrogens with zero attached hydrogens (tertiary/aromatic N) is 2. The summed E-state index contributed by atoms with van der Waals surface area (Å²) >= 11 is 3.29. The molecule has 18 heavy (non-hydrogen) atoms. The average molecular weight is 316 g/mol. The number of hydrogen-bond donors (Lipinski definition) is 1. The quantitative estimate of drug-likeness (QED) is 0.860. The lowest BCUT2D eigenvalue weighted by molar-refractivity contribution is 0.0124. The van der Waals surface area contributed by atoms with Crippen molar-refractivity contribution in [2.45, 2.75) is 19.8 Å². The van der Waals surface area contributed by atoms with Crippen molar-refractivity contribution < 1.29 is 8.78 Å². The molecule has 2 aromatic rings. The number of nitrogen functional groups attached to an aromatic ring is 1. The minimum absolute atomic E-state index is 0.262. The molecule has 1 heterocycles. The lowest BCUT2D eigenvalue weighted by Crippen LogP contribution is -2.09. The predicted molar refractivity (Wildman–Crippen MR) is 70.0 cm³/mol. The number of aryl methyl sites for hydroxylation is 1. The van der Waals surface area contributed by atoms with Crippen LogP contribution < -0.4 is 5.73 Å². The first-order valence-electron chi connectivity index (χ1n) is 5.29. The van der Waals surface area contributed by atoms with Crippen LogP contribution in [-0.2, 0) is 5.92 Å². The first-order chi connectivity index (χ1) is 8.29. The zero-order chi connectivity index (χ0) is 13.5. The molecule has 1 aromatic heterocycles. The Morgan fingerprint density at radius 1 is 1.33 bits per heavy atom. The first-order valence-corrected chi connectivity index (χ1v) is 6.08. The number of rotatable bonds is 2. The average Bonchev–Trinajstić information content (AvgIpc) is 2.60. The van der Waals surface area contributed by atoms with Crippen molar-refractivity contribution in [1.29, 1.82) is 0 Å². The van der Waals surface area contributed by atoms with E-state index in [0.717, 1.165) is 11.4 Å². The Bertz CT molecular complexity index is 587. The molecule has 0 aliphatic rings. The van der Waals surface area contributed by atoms with Gasteiger partial charge in [0.1, 0.15) is 5.69 Å². The molecular formula is C12H12BrF2N3. The molecule has 0 aliphatic heterocycles. The van der Waals surface area contributed by atoms with Gasteiger partial charge in [0.15, 0.2) is 0 Å². The molecule has 0 saturated heterocycles. The summed E-state index contributed by atoms with van der Waals surface area (Å²) in [6.07, 6.45) is 0. The van der Waals surface area contributed by atoms with E-state index >= 15 is 0 Å². The molecule has 1 aromatic carbocycles. The van der Waals surface area contributed by atoms with Gasteiger partial charge < -0.3 is 5.73 Å². The van der Waals surface area contributed by atoms with Crippen LogP contribution in [0, 0.1) is 6.92 Å². The molecule has 6 heteroatoms. The Kier molecular flexibility index (Phi) is 3.14. The highest BCUT2D eigenvalue weighted by Crippen LogP contribution is 2.29. The van der Waals surface area contributed by atoms with Crippen LogP contribution in [0.25, 0.3) is 5.69 Å². The van der Waals surface area contributed by atoms with Crippen molar-refractivity contribution in [2.24, 2.45) is 0 Å². The van der Waals surface area contributed by atoms with Crippen molar-refractivity contribution in [3.05, 3.63) is 40.1 Å². The van der Waals surface area contributed by atoms with Crippen LogP contribution in [0.3, 0.4) is 0 Å². The monoisotopic (exact) mass is 315 g/mol. The van der Waals surface area contributed by atoms with E-state index in [4.69, 9.17) is 5.73 Å². The fourth-order valence-corrected chi connectivity index (χ4v) is 2.03. The summed E-state index contributed by atoms with van der Waals surface area (Å²) in [5, 5.41) is 3.91. The SMILES string of the molecule is Cc1cc(C(C)(F)F)nn1-c1ccc(Br)cc1N. The highest BCUT2D eigenvalue weighted by atomic mass is 79.9. The van der Waals surface area contributed by atoms with E-state index in [1.807, 2.05) is 0 Å². The van der Waals surface area contributed by atoms with E-state index in [2.05, 4.69) is 21.0 Å². The molecule has 2 rings (SSSR count). The van der Waals surface area contributed by atoms with Gasteiger partial charge in [-0.2, -0.15) is 13.9 Å². The van der Waals surface area contributed by atoms with E-state index in [9.17, 15) is 8.78 Å². The number of alkyl halides is 2. The molecular weight excluding hydrogens is 304 g/mol. The van der Waals surface area contributed by atoms with E-state index in [0.29, 0.717) is 17.1 Å². The molecule has 0 fully saturated rings. The molecule has 0 aliphatic carbocycles. The second-order valence-electron chi connectivity index (χ2n) is 4.17. The van der Waals surface area contributed by atoms with Gasteiger partial charge in [-0.3, -0.25) is 0 Å². The van der Waals surface area contributed by atoms with Gasteiger partial charge in [0.25, 0.3) is 5.92 Å².